The summed E-state index contributed by atoms with van der Waals surface area (Å²) in [5.41, 5.74) is 0. The Morgan fingerprint density at radius 1 is 1.78 bits per heavy atom. The molecule has 0 rings (SSSR count). The average molecular weight is 167 g/mol. The van der Waals surface area contributed by atoms with Gasteiger partial charge in [0.1, 0.15) is 0 Å². The van der Waals surface area contributed by atoms with Crippen LogP contribution in [0.15, 0.2) is 0 Å². The molecule has 2 unspecified atom stereocenters. The average Bonchev–Trinajstić information content (AvgIpc) is 1.89. The van der Waals surface area contributed by atoms with Gasteiger partial charge in [0.15, 0.2) is 0 Å². The van der Waals surface area contributed by atoms with Crippen molar-refractivity contribution < 1.29 is 9.53 Å². The van der Waals surface area contributed by atoms with E-state index in [-0.39, 0.29) is 5.97 Å². The second-order valence-electron chi connectivity index (χ2n) is 1.68. The van der Waals surface area contributed by atoms with Crippen molar-refractivity contribution in [1.82, 2.24) is 0 Å². The van der Waals surface area contributed by atoms with Crippen molar-refractivity contribution in [3.63, 3.8) is 0 Å². The molecule has 0 amide bonds. The van der Waals surface area contributed by atoms with E-state index in [1.807, 2.05) is 8.93 Å². The van der Waals surface area contributed by atoms with E-state index in [2.05, 4.69) is 4.74 Å². The molecule has 4 heteroatoms. The lowest BCUT2D eigenvalue weighted by Crippen LogP contribution is -1.99. The molecular formula is C5H13O2P2+. The number of ether oxygens (including phenoxy) is 1. The van der Waals surface area contributed by atoms with Crippen LogP contribution in [0.4, 0.5) is 0 Å². The van der Waals surface area contributed by atoms with E-state index < -0.39 is 0 Å². The first kappa shape index (κ1) is 9.33. The molecule has 0 aliphatic carbocycles. The highest BCUT2D eigenvalue weighted by Crippen LogP contribution is 2.20. The summed E-state index contributed by atoms with van der Waals surface area (Å²) < 4.78 is 4.46. The number of hydrogen-bond acceptors (Lipinski definition) is 2. The number of rotatable bonds is 4. The third-order valence-electron chi connectivity index (χ3n) is 0.962. The van der Waals surface area contributed by atoms with Gasteiger partial charge in [-0.3, -0.25) is 4.79 Å². The molecule has 0 N–H and O–H groups in total. The van der Waals surface area contributed by atoms with E-state index in [0.717, 1.165) is 20.9 Å². The number of hydrogen-bond donors (Lipinski definition) is 0. The van der Waals surface area contributed by atoms with E-state index in [4.69, 9.17) is 0 Å². The molecule has 0 aromatic heterocycles. The zero-order chi connectivity index (χ0) is 7.11. The van der Waals surface area contributed by atoms with Crippen molar-refractivity contribution in [3.05, 3.63) is 0 Å². The zero-order valence-electron chi connectivity index (χ0n) is 5.64. The van der Waals surface area contributed by atoms with Crippen LogP contribution in [0, 0.1) is 0 Å². The molecule has 0 spiro atoms. The molecule has 0 radical (unpaired) electrons. The molecular weight excluding hydrogens is 154 g/mol. The van der Waals surface area contributed by atoms with Crippen LogP contribution in [0.2, 0.25) is 0 Å². The third-order valence-corrected chi connectivity index (χ3v) is 2.73. The van der Waals surface area contributed by atoms with Gasteiger partial charge in [-0.2, -0.15) is 0 Å². The first-order chi connectivity index (χ1) is 4.31. The van der Waals surface area contributed by atoms with Crippen LogP contribution in [0.1, 0.15) is 12.8 Å². The Labute approximate surface area is 59.6 Å². The lowest BCUT2D eigenvalue weighted by atomic mass is 10.3. The summed E-state index contributed by atoms with van der Waals surface area (Å²) in [6, 6.07) is 0. The lowest BCUT2D eigenvalue weighted by Gasteiger charge is -1.94. The van der Waals surface area contributed by atoms with Gasteiger partial charge in [-0.15, -0.1) is 0 Å². The maximum Gasteiger partial charge on any atom is 0.305 e. The highest BCUT2D eigenvalue weighted by Gasteiger charge is 1.97. The molecule has 2 nitrogen and oxygen atoms in total. The zero-order valence-corrected chi connectivity index (χ0v) is 8.06. The second-order valence-corrected chi connectivity index (χ2v) is 4.18. The number of esters is 1. The normalized spacial score (nSPS) is 10.8. The van der Waals surface area contributed by atoms with Gasteiger partial charge in [0, 0.05) is 20.9 Å². The van der Waals surface area contributed by atoms with Crippen LogP contribution in [0.5, 0.6) is 0 Å². The summed E-state index contributed by atoms with van der Waals surface area (Å²) in [5.74, 6) is -0.0865. The quantitative estimate of drug-likeness (QED) is 0.356. The molecule has 0 heterocycles. The summed E-state index contributed by atoms with van der Waals surface area (Å²) in [6.45, 7) is 0. The topological polar surface area (TPSA) is 26.3 Å². The molecule has 0 saturated heterocycles. The lowest BCUT2D eigenvalue weighted by molar-refractivity contribution is -0.140. The Morgan fingerprint density at radius 2 is 2.44 bits per heavy atom. The van der Waals surface area contributed by atoms with Crippen molar-refractivity contribution in [3.8, 4) is 0 Å². The Morgan fingerprint density at radius 3 is 2.89 bits per heavy atom. The second kappa shape index (κ2) is 6.45. The minimum atomic E-state index is -0.0865. The highest BCUT2D eigenvalue weighted by molar-refractivity contribution is 8.02. The summed E-state index contributed by atoms with van der Waals surface area (Å²) in [5, 5.41) is 0. The molecule has 0 aromatic carbocycles. The maximum atomic E-state index is 10.5. The molecule has 0 saturated carbocycles. The van der Waals surface area contributed by atoms with Crippen molar-refractivity contribution >= 4 is 23.2 Å². The van der Waals surface area contributed by atoms with Gasteiger partial charge < -0.3 is 4.74 Å². The van der Waals surface area contributed by atoms with E-state index in [0.29, 0.717) is 6.42 Å². The molecule has 0 aliphatic rings. The highest BCUT2D eigenvalue weighted by atomic mass is 32.0. The molecule has 0 bridgehead atoms. The van der Waals surface area contributed by atoms with Gasteiger partial charge in [-0.05, 0) is 15.3 Å². The fourth-order valence-electron chi connectivity index (χ4n) is 0.460. The van der Waals surface area contributed by atoms with Crippen LogP contribution >= 0.6 is 17.2 Å². The van der Waals surface area contributed by atoms with Crippen LogP contribution in [-0.2, 0) is 9.53 Å². The predicted octanol–water partition coefficient (Wildman–Crippen LogP) is 1.14. The van der Waals surface area contributed by atoms with Gasteiger partial charge in [0.2, 0.25) is 0 Å². The molecule has 0 fully saturated rings. The monoisotopic (exact) mass is 167 g/mol. The summed E-state index contributed by atoms with van der Waals surface area (Å²) in [4.78, 5) is 10.5. The summed E-state index contributed by atoms with van der Waals surface area (Å²) in [6.07, 6.45) is 2.73. The Bertz CT molecular complexity index is 85.0. The third kappa shape index (κ3) is 6.21. The van der Waals surface area contributed by atoms with Crippen LogP contribution in [0.25, 0.3) is 0 Å². The van der Waals surface area contributed by atoms with Crippen molar-refractivity contribution in [1.29, 1.82) is 0 Å². The SMILES string of the molecule is COC(=O)CCCP[PH3+]. The fourth-order valence-corrected chi connectivity index (χ4v) is 1.64. The smallest absolute Gasteiger partial charge is 0.305 e. The molecule has 0 aromatic rings. The summed E-state index contributed by atoms with van der Waals surface area (Å²) >= 11 is 0. The predicted molar refractivity (Wildman–Crippen MR) is 45.5 cm³/mol. The minimum Gasteiger partial charge on any atom is -0.469 e. The fraction of sp³-hybridized carbons (Fsp3) is 0.800. The van der Waals surface area contributed by atoms with Crippen LogP contribution in [0.3, 0.4) is 0 Å². The number of methoxy groups -OCH3 is 1. The summed E-state index contributed by atoms with van der Waals surface area (Å²) in [7, 11) is 4.37. The molecule has 9 heavy (non-hydrogen) atoms. The van der Waals surface area contributed by atoms with Gasteiger partial charge >= 0.3 is 5.97 Å². The first-order valence-electron chi connectivity index (χ1n) is 2.88. The van der Waals surface area contributed by atoms with Crippen molar-refractivity contribution in [2.45, 2.75) is 12.8 Å². The standard InChI is InChI=1S/C5H12O2P2/c1-7-5(6)3-2-4-9-8/h9H,2-4,8H2,1H3/p+1. The Kier molecular flexibility index (Phi) is 6.69. The van der Waals surface area contributed by atoms with Crippen molar-refractivity contribution in [2.75, 3.05) is 13.3 Å². The molecule has 54 valence electrons. The Balaban J connectivity index is 2.97. The van der Waals surface area contributed by atoms with Gasteiger partial charge in [-0.1, -0.05) is 0 Å². The van der Waals surface area contributed by atoms with E-state index in [1.165, 1.54) is 7.11 Å². The maximum absolute atomic E-state index is 10.5. The van der Waals surface area contributed by atoms with Gasteiger partial charge in [-0.25, -0.2) is 0 Å². The van der Waals surface area contributed by atoms with Crippen LogP contribution < -0.4 is 0 Å². The van der Waals surface area contributed by atoms with E-state index in [9.17, 15) is 4.79 Å². The van der Waals surface area contributed by atoms with Gasteiger partial charge in [0.05, 0.1) is 7.11 Å². The van der Waals surface area contributed by atoms with Gasteiger partial charge in [0.25, 0.3) is 0 Å². The van der Waals surface area contributed by atoms with Crippen molar-refractivity contribution in [2.24, 2.45) is 0 Å². The molecule has 0 aliphatic heterocycles. The number of carbonyl (C=O) groups is 1. The molecule has 2 atom stereocenters. The number of carbonyl (C=O) groups excluding carboxylic acids is 1. The van der Waals surface area contributed by atoms with E-state index >= 15 is 0 Å². The first-order valence-corrected chi connectivity index (χ1v) is 6.41. The largest absolute Gasteiger partial charge is 0.469 e. The van der Waals surface area contributed by atoms with E-state index in [1.54, 1.807) is 0 Å². The van der Waals surface area contributed by atoms with Crippen LogP contribution in [-0.4, -0.2) is 19.2 Å². The Hall–Kier alpha value is 0.330. The minimum absolute atomic E-state index is 0.0865.